The van der Waals surface area contributed by atoms with Gasteiger partial charge in [-0.3, -0.25) is 4.98 Å². The second-order valence-electron chi connectivity index (χ2n) is 6.86. The molecule has 0 N–H and O–H groups in total. The van der Waals surface area contributed by atoms with Gasteiger partial charge in [0.25, 0.3) is 0 Å². The van der Waals surface area contributed by atoms with Crippen LogP contribution in [0.5, 0.6) is 0 Å². The molecule has 3 aromatic heterocycles. The van der Waals surface area contributed by atoms with Gasteiger partial charge in [-0.1, -0.05) is 48.0 Å². The molecule has 0 bridgehead atoms. The van der Waals surface area contributed by atoms with Crippen LogP contribution in [0.1, 0.15) is 11.1 Å². The molecule has 130 valence electrons. The number of pyridine rings is 2. The lowest BCUT2D eigenvalue weighted by Crippen LogP contribution is -1.92. The summed E-state index contributed by atoms with van der Waals surface area (Å²) in [6.07, 6.45) is 3.60. The minimum atomic E-state index is 0.659. The summed E-state index contributed by atoms with van der Waals surface area (Å²) in [6, 6.07) is 20.9. The van der Waals surface area contributed by atoms with Gasteiger partial charge >= 0.3 is 0 Å². The third kappa shape index (κ3) is 2.51. The maximum absolute atomic E-state index is 6.18. The van der Waals surface area contributed by atoms with Gasteiger partial charge in [-0.15, -0.1) is 0 Å². The molecule has 0 amide bonds. The molecule has 0 fully saturated rings. The van der Waals surface area contributed by atoms with Gasteiger partial charge in [-0.25, -0.2) is 4.98 Å². The number of hydrogen-bond acceptors (Lipinski definition) is 3. The molecule has 3 nitrogen and oxygen atoms in total. The normalized spacial score (nSPS) is 11.3. The Morgan fingerprint density at radius 2 is 1.52 bits per heavy atom. The van der Waals surface area contributed by atoms with Crippen LogP contribution >= 0.6 is 0 Å². The highest BCUT2D eigenvalue weighted by atomic mass is 16.3. The summed E-state index contributed by atoms with van der Waals surface area (Å²) in [5, 5.41) is 2.10. The molecule has 0 radical (unpaired) electrons. The number of rotatable bonds is 2. The summed E-state index contributed by atoms with van der Waals surface area (Å²) in [6.45, 7) is 4.20. The first-order valence-corrected chi connectivity index (χ1v) is 9.01. The van der Waals surface area contributed by atoms with Crippen LogP contribution in [-0.2, 0) is 0 Å². The van der Waals surface area contributed by atoms with E-state index >= 15 is 0 Å². The fourth-order valence-electron chi connectivity index (χ4n) is 3.64. The van der Waals surface area contributed by atoms with E-state index in [-0.39, 0.29) is 0 Å². The van der Waals surface area contributed by atoms with Crippen LogP contribution in [0.3, 0.4) is 0 Å². The highest BCUT2D eigenvalue weighted by Gasteiger charge is 2.18. The van der Waals surface area contributed by atoms with Crippen molar-refractivity contribution >= 4 is 22.1 Å². The maximum Gasteiger partial charge on any atom is 0.227 e. The molecule has 5 rings (SSSR count). The molecule has 3 heteroatoms. The summed E-state index contributed by atoms with van der Waals surface area (Å²) < 4.78 is 6.18. The van der Waals surface area contributed by atoms with Gasteiger partial charge in [-0.2, -0.15) is 0 Å². The molecule has 0 saturated carbocycles. The van der Waals surface area contributed by atoms with E-state index < -0.39 is 0 Å². The largest absolute Gasteiger partial charge is 0.437 e. The molecule has 0 atom stereocenters. The first-order valence-electron chi connectivity index (χ1n) is 9.01. The van der Waals surface area contributed by atoms with Crippen molar-refractivity contribution in [2.24, 2.45) is 0 Å². The van der Waals surface area contributed by atoms with Crippen molar-refractivity contribution < 1.29 is 4.42 Å². The first kappa shape index (κ1) is 15.8. The topological polar surface area (TPSA) is 38.9 Å². The van der Waals surface area contributed by atoms with Crippen LogP contribution in [0.4, 0.5) is 0 Å². The number of fused-ring (bicyclic) bond motifs is 3. The highest BCUT2D eigenvalue weighted by Crippen LogP contribution is 2.40. The van der Waals surface area contributed by atoms with E-state index in [1.165, 1.54) is 5.56 Å². The molecule has 5 aromatic rings. The number of furan rings is 1. The SMILES string of the molecule is Cc1ccc(-c2cccnc2-c2c(C)ccc3c2oc2ncccc23)cc1. The zero-order valence-corrected chi connectivity index (χ0v) is 15.2. The van der Waals surface area contributed by atoms with Crippen molar-refractivity contribution in [1.29, 1.82) is 0 Å². The number of benzene rings is 2. The molecule has 27 heavy (non-hydrogen) atoms. The van der Waals surface area contributed by atoms with E-state index in [9.17, 15) is 0 Å². The minimum Gasteiger partial charge on any atom is -0.437 e. The predicted octanol–water partition coefficient (Wildman–Crippen LogP) is 6.33. The van der Waals surface area contributed by atoms with E-state index in [0.717, 1.165) is 44.3 Å². The molecule has 0 aliphatic heterocycles. The molecule has 0 aliphatic rings. The number of nitrogens with zero attached hydrogens (tertiary/aromatic N) is 2. The third-order valence-corrected chi connectivity index (χ3v) is 5.03. The Kier molecular flexibility index (Phi) is 3.54. The van der Waals surface area contributed by atoms with Gasteiger partial charge < -0.3 is 4.42 Å². The second kappa shape index (κ2) is 6.06. The summed E-state index contributed by atoms with van der Waals surface area (Å²) in [4.78, 5) is 9.13. The van der Waals surface area contributed by atoms with Gasteiger partial charge in [0.05, 0.1) is 5.69 Å². The lowest BCUT2D eigenvalue weighted by molar-refractivity contribution is 0.654. The van der Waals surface area contributed by atoms with E-state index in [0.29, 0.717) is 5.71 Å². The third-order valence-electron chi connectivity index (χ3n) is 5.03. The molecular weight excluding hydrogens is 332 g/mol. The second-order valence-corrected chi connectivity index (χ2v) is 6.86. The predicted molar refractivity (Wildman–Crippen MR) is 110 cm³/mol. The van der Waals surface area contributed by atoms with Crippen LogP contribution in [0.2, 0.25) is 0 Å². The first-order chi connectivity index (χ1) is 13.2. The monoisotopic (exact) mass is 350 g/mol. The quantitative estimate of drug-likeness (QED) is 0.373. The summed E-state index contributed by atoms with van der Waals surface area (Å²) >= 11 is 0. The van der Waals surface area contributed by atoms with Crippen LogP contribution in [-0.4, -0.2) is 9.97 Å². The van der Waals surface area contributed by atoms with Gasteiger partial charge in [0.15, 0.2) is 0 Å². The molecule has 3 heterocycles. The average molecular weight is 350 g/mol. The van der Waals surface area contributed by atoms with E-state index in [1.54, 1.807) is 6.20 Å². The summed E-state index contributed by atoms with van der Waals surface area (Å²) in [7, 11) is 0. The molecule has 2 aromatic carbocycles. The van der Waals surface area contributed by atoms with E-state index in [4.69, 9.17) is 9.40 Å². The smallest absolute Gasteiger partial charge is 0.227 e. The van der Waals surface area contributed by atoms with E-state index in [1.807, 2.05) is 24.4 Å². The molecule has 0 unspecified atom stereocenters. The van der Waals surface area contributed by atoms with Gasteiger partial charge in [0.1, 0.15) is 5.58 Å². The minimum absolute atomic E-state index is 0.659. The van der Waals surface area contributed by atoms with Gasteiger partial charge in [0, 0.05) is 34.3 Å². The molecular formula is C24H18N2O. The average Bonchev–Trinajstić information content (AvgIpc) is 3.07. The Morgan fingerprint density at radius 1 is 0.741 bits per heavy atom. The number of hydrogen-bond donors (Lipinski definition) is 0. The fourth-order valence-corrected chi connectivity index (χ4v) is 3.64. The lowest BCUT2D eigenvalue weighted by atomic mass is 9.94. The van der Waals surface area contributed by atoms with Crippen LogP contribution in [0, 0.1) is 13.8 Å². The fraction of sp³-hybridized carbons (Fsp3) is 0.0833. The molecule has 0 spiro atoms. The Balaban J connectivity index is 1.84. The van der Waals surface area contributed by atoms with Gasteiger partial charge in [-0.05, 0) is 43.2 Å². The Bertz CT molecular complexity index is 1280. The Hall–Kier alpha value is -3.46. The van der Waals surface area contributed by atoms with Crippen molar-refractivity contribution in [3.8, 4) is 22.4 Å². The van der Waals surface area contributed by atoms with Crippen LogP contribution < -0.4 is 0 Å². The zero-order chi connectivity index (χ0) is 18.4. The van der Waals surface area contributed by atoms with Gasteiger partial charge in [0.2, 0.25) is 5.71 Å². The standard InChI is InChI=1S/C24H18N2O/c1-15-7-10-17(11-8-15)18-5-3-13-25-22(18)21-16(2)9-12-19-20-6-4-14-26-24(20)27-23(19)21/h3-14H,1-2H3. The van der Waals surface area contributed by atoms with Crippen LogP contribution in [0.25, 0.3) is 44.5 Å². The molecule has 0 saturated heterocycles. The zero-order valence-electron chi connectivity index (χ0n) is 15.2. The summed E-state index contributed by atoms with van der Waals surface area (Å²) in [5.74, 6) is 0. The van der Waals surface area contributed by atoms with Crippen LogP contribution in [0.15, 0.2) is 77.5 Å². The Morgan fingerprint density at radius 3 is 2.37 bits per heavy atom. The van der Waals surface area contributed by atoms with E-state index in [2.05, 4.69) is 61.3 Å². The molecule has 0 aliphatic carbocycles. The van der Waals surface area contributed by atoms with Crippen molar-refractivity contribution in [1.82, 2.24) is 9.97 Å². The maximum atomic E-state index is 6.18. The van der Waals surface area contributed by atoms with Crippen molar-refractivity contribution in [2.45, 2.75) is 13.8 Å². The van der Waals surface area contributed by atoms with Crippen molar-refractivity contribution in [3.05, 3.63) is 84.2 Å². The van der Waals surface area contributed by atoms with Crippen molar-refractivity contribution in [3.63, 3.8) is 0 Å². The highest BCUT2D eigenvalue weighted by molar-refractivity contribution is 6.09. The summed E-state index contributed by atoms with van der Waals surface area (Å²) in [5.41, 5.74) is 8.09. The lowest BCUT2D eigenvalue weighted by Gasteiger charge is -2.12. The number of aromatic nitrogens is 2. The Labute approximate surface area is 157 Å². The number of aryl methyl sites for hydroxylation is 2. The van der Waals surface area contributed by atoms with Crippen molar-refractivity contribution in [2.75, 3.05) is 0 Å².